The fourth-order valence-electron chi connectivity index (χ4n) is 2.38. The van der Waals surface area contributed by atoms with Gasteiger partial charge in [-0.3, -0.25) is 0 Å². The van der Waals surface area contributed by atoms with E-state index >= 15 is 0 Å². The zero-order chi connectivity index (χ0) is 14.5. The normalized spacial score (nSPS) is 35.0. The molecule has 0 aliphatic carbocycles. The minimum absolute atomic E-state index is 0.0159. The minimum atomic E-state index is -0.132. The number of aliphatic hydroxyl groups is 2. The van der Waals surface area contributed by atoms with Crippen LogP contribution in [0.15, 0.2) is 0 Å². The Morgan fingerprint density at radius 2 is 1.85 bits per heavy atom. The van der Waals surface area contributed by atoms with E-state index in [1.807, 2.05) is 13.8 Å². The molecule has 6 nitrogen and oxygen atoms in total. The highest BCUT2D eigenvalue weighted by Crippen LogP contribution is 2.30. The summed E-state index contributed by atoms with van der Waals surface area (Å²) in [5.74, 6) is -0.216. The highest BCUT2D eigenvalue weighted by molar-refractivity contribution is 4.96. The van der Waals surface area contributed by atoms with Crippen LogP contribution in [0, 0.1) is 34.5 Å². The average Bonchev–Trinajstić information content (AvgIpc) is 3.04. The van der Waals surface area contributed by atoms with Crippen molar-refractivity contribution >= 4 is 0 Å². The van der Waals surface area contributed by atoms with Crippen molar-refractivity contribution in [2.45, 2.75) is 38.3 Å². The van der Waals surface area contributed by atoms with Crippen molar-refractivity contribution < 1.29 is 18.9 Å². The predicted molar refractivity (Wildman–Crippen MR) is 69.6 cm³/mol. The lowest BCUT2D eigenvalue weighted by atomic mass is 10.1. The summed E-state index contributed by atoms with van der Waals surface area (Å²) in [4.78, 5) is 0. The van der Waals surface area contributed by atoms with E-state index in [1.165, 1.54) is 0 Å². The SMILES string of the molecule is CC(C#N)COC1COC2C([OH+]CC(C)C#N)COC12. The van der Waals surface area contributed by atoms with Crippen LogP contribution in [0.25, 0.3) is 0 Å². The molecular formula is C14H21N2O4+. The summed E-state index contributed by atoms with van der Waals surface area (Å²) >= 11 is 0. The molecule has 1 N–H and O–H groups in total. The molecule has 0 aromatic heterocycles. The number of fused-ring (bicyclic) bond motifs is 1. The van der Waals surface area contributed by atoms with Crippen LogP contribution in [0.4, 0.5) is 0 Å². The van der Waals surface area contributed by atoms with Gasteiger partial charge in [0, 0.05) is 0 Å². The molecule has 2 aliphatic rings. The minimum Gasteiger partial charge on any atom is -0.427 e. The Morgan fingerprint density at radius 1 is 1.15 bits per heavy atom. The Morgan fingerprint density at radius 3 is 2.55 bits per heavy atom. The molecule has 6 heteroatoms. The molecule has 0 aromatic carbocycles. The number of nitriles is 2. The second-order valence-electron chi connectivity index (χ2n) is 5.46. The van der Waals surface area contributed by atoms with Crippen LogP contribution in [0.2, 0.25) is 0 Å². The first-order chi connectivity index (χ1) is 9.65. The Balaban J connectivity index is 1.79. The quantitative estimate of drug-likeness (QED) is 0.657. The molecule has 0 amide bonds. The Kier molecular flexibility index (Phi) is 5.33. The molecular weight excluding hydrogens is 260 g/mol. The van der Waals surface area contributed by atoms with Gasteiger partial charge in [-0.2, -0.15) is 10.5 Å². The first kappa shape index (κ1) is 15.2. The third kappa shape index (κ3) is 3.47. The Labute approximate surface area is 119 Å². The van der Waals surface area contributed by atoms with Gasteiger partial charge in [0.05, 0.1) is 31.3 Å². The van der Waals surface area contributed by atoms with Crippen molar-refractivity contribution in [3.05, 3.63) is 0 Å². The average molecular weight is 281 g/mol. The number of hydrogen-bond acceptors (Lipinski definition) is 5. The second-order valence-corrected chi connectivity index (χ2v) is 5.46. The predicted octanol–water partition coefficient (Wildman–Crippen LogP) is 0.385. The van der Waals surface area contributed by atoms with Gasteiger partial charge in [-0.05, 0) is 13.8 Å². The number of hydrogen-bond donors (Lipinski definition) is 0. The van der Waals surface area contributed by atoms with Crippen LogP contribution in [0.3, 0.4) is 0 Å². The Bertz CT molecular complexity index is 365. The van der Waals surface area contributed by atoms with E-state index in [0.29, 0.717) is 26.4 Å². The van der Waals surface area contributed by atoms with Crippen LogP contribution in [-0.4, -0.2) is 55.6 Å². The third-order valence-corrected chi connectivity index (χ3v) is 3.60. The van der Waals surface area contributed by atoms with Gasteiger partial charge < -0.3 is 18.9 Å². The number of nitrogens with zero attached hydrogens (tertiary/aromatic N) is 2. The molecule has 2 aliphatic heterocycles. The van der Waals surface area contributed by atoms with Crippen LogP contribution < -0.4 is 0 Å². The van der Waals surface area contributed by atoms with Gasteiger partial charge in [0.2, 0.25) is 6.10 Å². The van der Waals surface area contributed by atoms with Gasteiger partial charge in [0.25, 0.3) is 0 Å². The molecule has 20 heavy (non-hydrogen) atoms. The molecule has 0 bridgehead atoms. The van der Waals surface area contributed by atoms with Crippen LogP contribution >= 0.6 is 0 Å². The van der Waals surface area contributed by atoms with Crippen molar-refractivity contribution in [1.29, 1.82) is 10.5 Å². The summed E-state index contributed by atoms with van der Waals surface area (Å²) < 4.78 is 21.6. The van der Waals surface area contributed by atoms with Gasteiger partial charge >= 0.3 is 0 Å². The van der Waals surface area contributed by atoms with E-state index in [0.717, 1.165) is 0 Å². The zero-order valence-corrected chi connectivity index (χ0v) is 11.9. The maximum atomic E-state index is 8.76. The number of ether oxygens (including phenoxy) is 4. The van der Waals surface area contributed by atoms with Crippen molar-refractivity contribution in [3.63, 3.8) is 0 Å². The molecule has 0 saturated carbocycles. The van der Waals surface area contributed by atoms with Crippen molar-refractivity contribution in [2.24, 2.45) is 11.8 Å². The second kappa shape index (κ2) is 7.01. The van der Waals surface area contributed by atoms with Gasteiger partial charge in [-0.25, -0.2) is 0 Å². The Hall–Kier alpha value is -1.18. The summed E-state index contributed by atoms with van der Waals surface area (Å²) in [6, 6.07) is 4.31. The first-order valence-corrected chi connectivity index (χ1v) is 6.96. The monoisotopic (exact) mass is 281 g/mol. The molecule has 2 fully saturated rings. The van der Waals surface area contributed by atoms with Crippen molar-refractivity contribution in [3.8, 4) is 12.1 Å². The van der Waals surface area contributed by atoms with Crippen molar-refractivity contribution in [2.75, 3.05) is 26.4 Å². The molecule has 2 heterocycles. The van der Waals surface area contributed by atoms with Crippen LogP contribution in [0.1, 0.15) is 13.8 Å². The van der Waals surface area contributed by atoms with Crippen molar-refractivity contribution in [1.82, 2.24) is 0 Å². The summed E-state index contributed by atoms with van der Waals surface area (Å²) in [5, 5.41) is 17.5. The summed E-state index contributed by atoms with van der Waals surface area (Å²) in [7, 11) is 0. The van der Waals surface area contributed by atoms with Gasteiger partial charge in [-0.1, -0.05) is 0 Å². The summed E-state index contributed by atoms with van der Waals surface area (Å²) in [5.41, 5.74) is 0. The van der Waals surface area contributed by atoms with E-state index in [2.05, 4.69) is 16.9 Å². The van der Waals surface area contributed by atoms with Gasteiger partial charge in [0.15, 0.2) is 12.7 Å². The summed E-state index contributed by atoms with van der Waals surface area (Å²) in [6.07, 6.45) is -0.322. The fraction of sp³-hybridized carbons (Fsp3) is 0.857. The molecule has 6 atom stereocenters. The number of rotatable bonds is 6. The lowest BCUT2D eigenvalue weighted by Gasteiger charge is -2.16. The molecule has 0 radical (unpaired) electrons. The van der Waals surface area contributed by atoms with Gasteiger partial charge in [-0.15, -0.1) is 0 Å². The van der Waals surface area contributed by atoms with Crippen LogP contribution in [0.5, 0.6) is 0 Å². The third-order valence-electron chi connectivity index (χ3n) is 3.60. The lowest BCUT2D eigenvalue weighted by Crippen LogP contribution is -2.36. The molecule has 110 valence electrons. The standard InChI is InChI=1S/C14H20N2O4/c1-9(3-15)5-17-11-7-19-14-12(8-20-13(11)14)18-6-10(2)4-16/h9-14H,5-8H2,1-2H3/p+1. The van der Waals surface area contributed by atoms with E-state index in [9.17, 15) is 0 Å². The largest absolute Gasteiger partial charge is 0.427 e. The first-order valence-electron chi connectivity index (χ1n) is 6.96. The lowest BCUT2D eigenvalue weighted by molar-refractivity contribution is -0.151. The molecule has 0 spiro atoms. The van der Waals surface area contributed by atoms with E-state index in [1.54, 1.807) is 0 Å². The summed E-state index contributed by atoms with van der Waals surface area (Å²) in [6.45, 7) is 5.57. The highest BCUT2D eigenvalue weighted by Gasteiger charge is 2.51. The molecule has 6 unspecified atom stereocenters. The smallest absolute Gasteiger partial charge is 0.207 e. The topological polar surface area (TPSA) is 88.1 Å². The highest BCUT2D eigenvalue weighted by atomic mass is 16.6. The maximum Gasteiger partial charge on any atom is 0.207 e. The van der Waals surface area contributed by atoms with Crippen LogP contribution in [-0.2, 0) is 14.2 Å². The maximum absolute atomic E-state index is 8.76. The molecule has 2 saturated heterocycles. The molecule has 2 rings (SSSR count). The zero-order valence-electron chi connectivity index (χ0n) is 11.9. The van der Waals surface area contributed by atoms with E-state index < -0.39 is 0 Å². The van der Waals surface area contributed by atoms with E-state index in [-0.39, 0.29) is 36.3 Å². The van der Waals surface area contributed by atoms with E-state index in [4.69, 9.17) is 24.7 Å². The van der Waals surface area contributed by atoms with Gasteiger partial charge in [0.1, 0.15) is 24.7 Å². The molecule has 0 aromatic rings. The fourth-order valence-corrected chi connectivity index (χ4v) is 2.38.